The number of hydrogen-bond acceptors (Lipinski definition) is 3. The molecule has 108 valence electrons. The second kappa shape index (κ2) is 5.91. The van der Waals surface area contributed by atoms with Crippen molar-refractivity contribution in [2.75, 3.05) is 5.32 Å². The Bertz CT molecular complexity index is 655. The molecule has 1 heterocycles. The monoisotopic (exact) mass is 285 g/mol. The molecule has 21 heavy (non-hydrogen) atoms. The highest BCUT2D eigenvalue weighted by atomic mass is 19.1. The van der Waals surface area contributed by atoms with E-state index in [1.54, 1.807) is 30.5 Å². The Labute approximate surface area is 122 Å². The Morgan fingerprint density at radius 1 is 1.29 bits per heavy atom. The molecular weight excluding hydrogens is 269 g/mol. The molecule has 1 aliphatic rings. The summed E-state index contributed by atoms with van der Waals surface area (Å²) in [5, 5.41) is 6.00. The quantitative estimate of drug-likeness (QED) is 0.888. The molecule has 0 bridgehead atoms. The van der Waals surface area contributed by atoms with Crippen molar-refractivity contribution in [1.29, 1.82) is 0 Å². The van der Waals surface area contributed by atoms with E-state index in [4.69, 9.17) is 0 Å². The van der Waals surface area contributed by atoms with Crippen LogP contribution >= 0.6 is 0 Å². The Morgan fingerprint density at radius 3 is 2.86 bits per heavy atom. The van der Waals surface area contributed by atoms with Crippen LogP contribution in [-0.2, 0) is 6.54 Å². The van der Waals surface area contributed by atoms with Crippen LogP contribution in [0, 0.1) is 5.82 Å². The summed E-state index contributed by atoms with van der Waals surface area (Å²) in [6.45, 7) is 0.146. The van der Waals surface area contributed by atoms with Gasteiger partial charge in [-0.25, -0.2) is 4.39 Å². The van der Waals surface area contributed by atoms with Gasteiger partial charge in [0.1, 0.15) is 11.5 Å². The maximum atomic E-state index is 13.5. The number of halogens is 1. The summed E-state index contributed by atoms with van der Waals surface area (Å²) in [5.41, 5.74) is 1.68. The molecule has 2 aromatic rings. The lowest BCUT2D eigenvalue weighted by Crippen LogP contribution is -2.24. The van der Waals surface area contributed by atoms with E-state index in [2.05, 4.69) is 15.6 Å². The van der Waals surface area contributed by atoms with E-state index in [0.29, 0.717) is 17.3 Å². The van der Waals surface area contributed by atoms with Gasteiger partial charge < -0.3 is 10.6 Å². The van der Waals surface area contributed by atoms with Gasteiger partial charge in [-0.2, -0.15) is 0 Å². The van der Waals surface area contributed by atoms with Gasteiger partial charge in [0.05, 0.1) is 0 Å². The molecule has 1 amide bonds. The van der Waals surface area contributed by atoms with Crippen LogP contribution in [0.25, 0.3) is 0 Å². The van der Waals surface area contributed by atoms with Crippen LogP contribution in [0.1, 0.15) is 28.9 Å². The summed E-state index contributed by atoms with van der Waals surface area (Å²) >= 11 is 0. The third-order valence-corrected chi connectivity index (χ3v) is 3.34. The molecule has 0 spiro atoms. The molecule has 3 rings (SSSR count). The maximum absolute atomic E-state index is 13.5. The smallest absolute Gasteiger partial charge is 0.270 e. The van der Waals surface area contributed by atoms with Gasteiger partial charge in [-0.1, -0.05) is 18.2 Å². The van der Waals surface area contributed by atoms with Gasteiger partial charge in [-0.15, -0.1) is 0 Å². The average Bonchev–Trinajstić information content (AvgIpc) is 3.30. The van der Waals surface area contributed by atoms with Gasteiger partial charge in [0.25, 0.3) is 5.91 Å². The number of nitrogens with one attached hydrogen (secondary N) is 2. The predicted octanol–water partition coefficient (Wildman–Crippen LogP) is 2.73. The summed E-state index contributed by atoms with van der Waals surface area (Å²) in [4.78, 5) is 16.1. The van der Waals surface area contributed by atoms with Crippen molar-refractivity contribution < 1.29 is 9.18 Å². The number of carbonyl (C=O) groups excluding carboxylic acids is 1. The second-order valence-electron chi connectivity index (χ2n) is 5.12. The minimum atomic E-state index is -0.324. The number of benzene rings is 1. The minimum Gasteiger partial charge on any atom is -0.382 e. The summed E-state index contributed by atoms with van der Waals surface area (Å²) in [6.07, 6.45) is 3.93. The van der Waals surface area contributed by atoms with E-state index in [9.17, 15) is 9.18 Å². The Kier molecular flexibility index (Phi) is 3.81. The van der Waals surface area contributed by atoms with Crippen molar-refractivity contribution in [2.24, 2.45) is 0 Å². The highest BCUT2D eigenvalue weighted by molar-refractivity contribution is 5.93. The fourth-order valence-corrected chi connectivity index (χ4v) is 2.02. The topological polar surface area (TPSA) is 54.0 Å². The van der Waals surface area contributed by atoms with Gasteiger partial charge in [0.15, 0.2) is 0 Å². The summed E-state index contributed by atoms with van der Waals surface area (Å²) in [5.74, 6) is -0.632. The van der Waals surface area contributed by atoms with Crippen molar-refractivity contribution in [3.63, 3.8) is 0 Å². The van der Waals surface area contributed by atoms with Crippen LogP contribution in [-0.4, -0.2) is 16.9 Å². The molecule has 0 radical (unpaired) electrons. The summed E-state index contributed by atoms with van der Waals surface area (Å²) in [6, 6.07) is 10.5. The maximum Gasteiger partial charge on any atom is 0.270 e. The molecule has 0 unspecified atom stereocenters. The van der Waals surface area contributed by atoms with Crippen LogP contribution in [0.5, 0.6) is 0 Å². The number of aromatic nitrogens is 1. The van der Waals surface area contributed by atoms with Gasteiger partial charge >= 0.3 is 0 Å². The first-order valence-electron chi connectivity index (χ1n) is 6.96. The normalized spacial score (nSPS) is 13.8. The Morgan fingerprint density at radius 2 is 2.10 bits per heavy atom. The van der Waals surface area contributed by atoms with Crippen LogP contribution in [0.3, 0.4) is 0 Å². The van der Waals surface area contributed by atoms with Crippen molar-refractivity contribution in [1.82, 2.24) is 10.3 Å². The molecule has 5 heteroatoms. The molecular formula is C16H16FN3O. The molecule has 1 saturated carbocycles. The SMILES string of the molecule is O=C(NCc1ccccc1F)c1cc(NC2CC2)ccn1. The van der Waals surface area contributed by atoms with Gasteiger partial charge in [0.2, 0.25) is 0 Å². The van der Waals surface area contributed by atoms with Crippen LogP contribution in [0.2, 0.25) is 0 Å². The van der Waals surface area contributed by atoms with E-state index >= 15 is 0 Å². The number of hydrogen-bond donors (Lipinski definition) is 2. The van der Waals surface area contributed by atoms with E-state index in [1.807, 2.05) is 6.07 Å². The molecule has 1 fully saturated rings. The number of nitrogens with zero attached hydrogens (tertiary/aromatic N) is 1. The first-order valence-corrected chi connectivity index (χ1v) is 6.96. The first-order chi connectivity index (χ1) is 10.2. The minimum absolute atomic E-state index is 0.146. The van der Waals surface area contributed by atoms with Gasteiger partial charge in [-0.05, 0) is 31.0 Å². The zero-order valence-corrected chi connectivity index (χ0v) is 11.5. The van der Waals surface area contributed by atoms with E-state index in [-0.39, 0.29) is 18.3 Å². The van der Waals surface area contributed by atoms with Crippen molar-refractivity contribution >= 4 is 11.6 Å². The molecule has 1 aromatic heterocycles. The van der Waals surface area contributed by atoms with Gasteiger partial charge in [0, 0.05) is 30.0 Å². The zero-order valence-electron chi connectivity index (χ0n) is 11.5. The van der Waals surface area contributed by atoms with Gasteiger partial charge in [-0.3, -0.25) is 9.78 Å². The van der Waals surface area contributed by atoms with Crippen molar-refractivity contribution in [3.05, 3.63) is 59.7 Å². The molecule has 1 aliphatic carbocycles. The van der Waals surface area contributed by atoms with E-state index in [1.165, 1.54) is 6.07 Å². The number of pyridine rings is 1. The standard InChI is InChI=1S/C16H16FN3O/c17-14-4-2-1-3-11(14)10-19-16(21)15-9-13(7-8-18-15)20-12-5-6-12/h1-4,7-9,12H,5-6,10H2,(H,18,20)(H,19,21). The third kappa shape index (κ3) is 3.56. The first kappa shape index (κ1) is 13.5. The lowest BCUT2D eigenvalue weighted by atomic mass is 10.2. The molecule has 0 aliphatic heterocycles. The van der Waals surface area contributed by atoms with Crippen molar-refractivity contribution in [3.8, 4) is 0 Å². The highest BCUT2D eigenvalue weighted by Crippen LogP contribution is 2.24. The van der Waals surface area contributed by atoms with Crippen LogP contribution in [0.4, 0.5) is 10.1 Å². The largest absolute Gasteiger partial charge is 0.382 e. The molecule has 1 aromatic carbocycles. The van der Waals surface area contributed by atoms with E-state index in [0.717, 1.165) is 18.5 Å². The number of carbonyl (C=O) groups is 1. The molecule has 4 nitrogen and oxygen atoms in total. The molecule has 0 atom stereocenters. The van der Waals surface area contributed by atoms with Crippen LogP contribution < -0.4 is 10.6 Å². The highest BCUT2D eigenvalue weighted by Gasteiger charge is 2.21. The van der Waals surface area contributed by atoms with E-state index < -0.39 is 0 Å². The average molecular weight is 285 g/mol. The van der Waals surface area contributed by atoms with Crippen LogP contribution in [0.15, 0.2) is 42.6 Å². The number of amides is 1. The van der Waals surface area contributed by atoms with Crippen molar-refractivity contribution in [2.45, 2.75) is 25.4 Å². The summed E-state index contributed by atoms with van der Waals surface area (Å²) in [7, 11) is 0. The lowest BCUT2D eigenvalue weighted by Gasteiger charge is -2.08. The Balaban J connectivity index is 1.63. The molecule has 0 saturated heterocycles. The predicted molar refractivity (Wildman–Crippen MR) is 78.5 cm³/mol. The lowest BCUT2D eigenvalue weighted by molar-refractivity contribution is 0.0945. The Hall–Kier alpha value is -2.43. The molecule has 2 N–H and O–H groups in total. The fraction of sp³-hybridized carbons (Fsp3) is 0.250. The number of anilines is 1. The fourth-order valence-electron chi connectivity index (χ4n) is 2.02. The second-order valence-corrected chi connectivity index (χ2v) is 5.12. The number of rotatable bonds is 5. The third-order valence-electron chi connectivity index (χ3n) is 3.34. The summed E-state index contributed by atoms with van der Waals surface area (Å²) < 4.78 is 13.5. The zero-order chi connectivity index (χ0) is 14.7.